The number of nitriles is 1. The van der Waals surface area contributed by atoms with Gasteiger partial charge in [-0.15, -0.1) is 0 Å². The first-order valence-corrected chi connectivity index (χ1v) is 6.96. The molecule has 100 valence electrons. The average Bonchev–Trinajstić information content (AvgIpc) is 2.81. The van der Waals surface area contributed by atoms with Gasteiger partial charge >= 0.3 is 0 Å². The molecular weight excluding hydrogens is 238 g/mol. The largest absolute Gasteiger partial charge is 0.490 e. The molecule has 0 spiro atoms. The standard InChI is InChI=1S/C16H19NO2/c1-12-3-4-15-13(7-12)8-14(19-15)9-16(10-17)5-2-6-18-11-16/h3-4,7,14H,2,5-6,8-9,11H2,1H3. The second-order valence-electron chi connectivity index (χ2n) is 5.81. The van der Waals surface area contributed by atoms with Crippen LogP contribution in [0, 0.1) is 23.7 Å². The van der Waals surface area contributed by atoms with Gasteiger partial charge in [-0.1, -0.05) is 17.7 Å². The molecule has 2 heterocycles. The SMILES string of the molecule is Cc1ccc2c(c1)CC(CC1(C#N)CCCOC1)O2. The van der Waals surface area contributed by atoms with Crippen LogP contribution in [0.2, 0.25) is 0 Å². The van der Waals surface area contributed by atoms with E-state index in [9.17, 15) is 5.26 Å². The fourth-order valence-corrected chi connectivity index (χ4v) is 3.15. The van der Waals surface area contributed by atoms with E-state index in [0.29, 0.717) is 6.61 Å². The van der Waals surface area contributed by atoms with Crippen molar-refractivity contribution in [1.82, 2.24) is 0 Å². The molecule has 0 aromatic heterocycles. The number of nitrogens with zero attached hydrogens (tertiary/aromatic N) is 1. The van der Waals surface area contributed by atoms with Crippen molar-refractivity contribution in [3.8, 4) is 11.8 Å². The monoisotopic (exact) mass is 257 g/mol. The van der Waals surface area contributed by atoms with Crippen LogP contribution in [-0.2, 0) is 11.2 Å². The number of hydrogen-bond acceptors (Lipinski definition) is 3. The van der Waals surface area contributed by atoms with Gasteiger partial charge in [-0.3, -0.25) is 0 Å². The molecule has 0 bridgehead atoms. The molecule has 1 aromatic carbocycles. The van der Waals surface area contributed by atoms with Crippen LogP contribution in [-0.4, -0.2) is 19.3 Å². The van der Waals surface area contributed by atoms with Crippen LogP contribution >= 0.6 is 0 Å². The molecule has 1 fully saturated rings. The van der Waals surface area contributed by atoms with Crippen molar-refractivity contribution in [2.45, 2.75) is 38.7 Å². The van der Waals surface area contributed by atoms with Crippen molar-refractivity contribution in [2.75, 3.05) is 13.2 Å². The Balaban J connectivity index is 1.71. The number of hydrogen-bond donors (Lipinski definition) is 0. The van der Waals surface area contributed by atoms with E-state index in [1.807, 2.05) is 6.07 Å². The highest BCUT2D eigenvalue weighted by Gasteiger charge is 2.38. The highest BCUT2D eigenvalue weighted by Crippen LogP contribution is 2.38. The minimum absolute atomic E-state index is 0.123. The lowest BCUT2D eigenvalue weighted by Gasteiger charge is -2.32. The van der Waals surface area contributed by atoms with E-state index in [2.05, 4.69) is 25.1 Å². The molecule has 2 aliphatic heterocycles. The molecule has 2 aliphatic rings. The zero-order chi connectivity index (χ0) is 13.3. The summed E-state index contributed by atoms with van der Waals surface area (Å²) >= 11 is 0. The Labute approximate surface area is 114 Å². The Hall–Kier alpha value is -1.53. The van der Waals surface area contributed by atoms with Crippen molar-refractivity contribution in [3.63, 3.8) is 0 Å². The van der Waals surface area contributed by atoms with Gasteiger partial charge in [0.2, 0.25) is 0 Å². The Morgan fingerprint density at radius 2 is 2.37 bits per heavy atom. The number of aryl methyl sites for hydroxylation is 1. The fourth-order valence-electron chi connectivity index (χ4n) is 3.15. The highest BCUT2D eigenvalue weighted by molar-refractivity contribution is 5.40. The highest BCUT2D eigenvalue weighted by atomic mass is 16.5. The summed E-state index contributed by atoms with van der Waals surface area (Å²) in [4.78, 5) is 0. The summed E-state index contributed by atoms with van der Waals surface area (Å²) in [6, 6.07) is 8.78. The third-order valence-corrected chi connectivity index (χ3v) is 4.14. The van der Waals surface area contributed by atoms with Gasteiger partial charge in [-0.2, -0.15) is 5.26 Å². The lowest BCUT2D eigenvalue weighted by atomic mass is 9.78. The maximum absolute atomic E-state index is 9.48. The Kier molecular flexibility index (Phi) is 3.20. The van der Waals surface area contributed by atoms with Crippen molar-refractivity contribution < 1.29 is 9.47 Å². The van der Waals surface area contributed by atoms with Crippen LogP contribution in [0.25, 0.3) is 0 Å². The van der Waals surface area contributed by atoms with Crippen LogP contribution in [0.15, 0.2) is 18.2 Å². The summed E-state index contributed by atoms with van der Waals surface area (Å²) in [5.74, 6) is 0.986. The molecule has 3 nitrogen and oxygen atoms in total. The van der Waals surface area contributed by atoms with Crippen molar-refractivity contribution in [1.29, 1.82) is 5.26 Å². The van der Waals surface area contributed by atoms with Crippen molar-refractivity contribution in [3.05, 3.63) is 29.3 Å². The van der Waals surface area contributed by atoms with E-state index in [1.54, 1.807) is 0 Å². The molecule has 1 saturated heterocycles. The summed E-state index contributed by atoms with van der Waals surface area (Å²) in [6.07, 6.45) is 3.72. The quantitative estimate of drug-likeness (QED) is 0.818. The van der Waals surface area contributed by atoms with Gasteiger partial charge in [0.25, 0.3) is 0 Å². The molecule has 0 saturated carbocycles. The normalized spacial score (nSPS) is 29.4. The van der Waals surface area contributed by atoms with Crippen molar-refractivity contribution in [2.24, 2.45) is 5.41 Å². The molecule has 2 unspecified atom stereocenters. The summed E-state index contributed by atoms with van der Waals surface area (Å²) < 4.78 is 11.5. The molecule has 0 amide bonds. The molecule has 19 heavy (non-hydrogen) atoms. The van der Waals surface area contributed by atoms with Crippen LogP contribution in [0.5, 0.6) is 5.75 Å². The van der Waals surface area contributed by atoms with E-state index in [-0.39, 0.29) is 11.5 Å². The topological polar surface area (TPSA) is 42.2 Å². The van der Waals surface area contributed by atoms with E-state index >= 15 is 0 Å². The lowest BCUT2D eigenvalue weighted by Crippen LogP contribution is -2.35. The molecule has 0 aliphatic carbocycles. The first-order valence-electron chi connectivity index (χ1n) is 6.96. The van der Waals surface area contributed by atoms with E-state index in [4.69, 9.17) is 9.47 Å². The molecule has 2 atom stereocenters. The maximum Gasteiger partial charge on any atom is 0.123 e. The Morgan fingerprint density at radius 3 is 3.11 bits per heavy atom. The average molecular weight is 257 g/mol. The zero-order valence-corrected chi connectivity index (χ0v) is 11.3. The smallest absolute Gasteiger partial charge is 0.123 e. The zero-order valence-electron chi connectivity index (χ0n) is 11.3. The Bertz CT molecular complexity index is 512. The van der Waals surface area contributed by atoms with Crippen LogP contribution in [0.3, 0.4) is 0 Å². The number of ether oxygens (including phenoxy) is 2. The summed E-state index contributed by atoms with van der Waals surface area (Å²) in [7, 11) is 0. The van der Waals surface area contributed by atoms with Gasteiger partial charge in [0.1, 0.15) is 11.9 Å². The minimum atomic E-state index is -0.347. The van der Waals surface area contributed by atoms with Gasteiger partial charge in [-0.05, 0) is 31.4 Å². The van der Waals surface area contributed by atoms with E-state index in [0.717, 1.165) is 38.0 Å². The molecule has 0 radical (unpaired) electrons. The second kappa shape index (κ2) is 4.86. The van der Waals surface area contributed by atoms with Crippen LogP contribution < -0.4 is 4.74 Å². The first-order chi connectivity index (χ1) is 9.21. The molecular formula is C16H19NO2. The molecule has 3 rings (SSSR count). The number of benzene rings is 1. The maximum atomic E-state index is 9.48. The first kappa shape index (κ1) is 12.5. The summed E-state index contributed by atoms with van der Waals surface area (Å²) in [5, 5.41) is 9.48. The lowest BCUT2D eigenvalue weighted by molar-refractivity contribution is 0.00214. The Morgan fingerprint density at radius 1 is 1.47 bits per heavy atom. The van der Waals surface area contributed by atoms with E-state index < -0.39 is 0 Å². The van der Waals surface area contributed by atoms with Gasteiger partial charge in [0, 0.05) is 19.4 Å². The van der Waals surface area contributed by atoms with Gasteiger partial charge in [0.15, 0.2) is 0 Å². The van der Waals surface area contributed by atoms with Crippen molar-refractivity contribution >= 4 is 0 Å². The van der Waals surface area contributed by atoms with Gasteiger partial charge in [-0.25, -0.2) is 0 Å². The number of rotatable bonds is 2. The predicted octanol–water partition coefficient (Wildman–Crippen LogP) is 3.01. The fraction of sp³-hybridized carbons (Fsp3) is 0.562. The predicted molar refractivity (Wildman–Crippen MR) is 72.0 cm³/mol. The molecule has 1 aromatic rings. The summed E-state index contributed by atoms with van der Waals surface area (Å²) in [6.45, 7) is 3.44. The third kappa shape index (κ3) is 2.46. The van der Waals surface area contributed by atoms with Crippen LogP contribution in [0.4, 0.5) is 0 Å². The molecule has 0 N–H and O–H groups in total. The summed E-state index contributed by atoms with van der Waals surface area (Å²) in [5.41, 5.74) is 2.19. The second-order valence-corrected chi connectivity index (χ2v) is 5.81. The third-order valence-electron chi connectivity index (χ3n) is 4.14. The van der Waals surface area contributed by atoms with Gasteiger partial charge in [0.05, 0.1) is 18.1 Å². The molecule has 3 heteroatoms. The minimum Gasteiger partial charge on any atom is -0.490 e. The van der Waals surface area contributed by atoms with E-state index in [1.165, 1.54) is 11.1 Å². The van der Waals surface area contributed by atoms with Crippen LogP contribution in [0.1, 0.15) is 30.4 Å². The number of fused-ring (bicyclic) bond motifs is 1. The van der Waals surface area contributed by atoms with Gasteiger partial charge < -0.3 is 9.47 Å².